The normalized spacial score (nSPS) is 16.5. The summed E-state index contributed by atoms with van der Waals surface area (Å²) in [6.07, 6.45) is -0.0135. The Labute approximate surface area is 157 Å². The smallest absolute Gasteiger partial charge is 0.418 e. The minimum absolute atomic E-state index is 0.187. The maximum atomic E-state index is 12.8. The van der Waals surface area contributed by atoms with Crippen LogP contribution in [0.4, 0.5) is 4.79 Å². The Bertz CT molecular complexity index is 834. The maximum Gasteiger partial charge on any atom is 0.418 e. The van der Waals surface area contributed by atoms with Crippen LogP contribution in [-0.2, 0) is 11.3 Å². The zero-order chi connectivity index (χ0) is 18.9. The summed E-state index contributed by atoms with van der Waals surface area (Å²) in [6.45, 7) is 5.70. The van der Waals surface area contributed by atoms with Gasteiger partial charge < -0.3 is 4.74 Å². The van der Waals surface area contributed by atoms with Crippen molar-refractivity contribution in [2.24, 2.45) is 0 Å². The molecule has 1 N–H and O–H groups in total. The second-order valence-corrected chi connectivity index (χ2v) is 7.35. The molecular weight excluding hydrogens is 354 g/mol. The lowest BCUT2D eigenvalue weighted by Gasteiger charge is -2.28. The third-order valence-electron chi connectivity index (χ3n) is 3.85. The van der Waals surface area contributed by atoms with Crippen LogP contribution in [0.25, 0.3) is 0 Å². The van der Waals surface area contributed by atoms with E-state index in [1.165, 1.54) is 6.20 Å². The van der Waals surface area contributed by atoms with E-state index in [2.05, 4.69) is 10.3 Å². The fraction of sp³-hybridized carbons (Fsp3) is 0.316. The second kappa shape index (κ2) is 7.05. The number of nitrogens with one attached hydrogen (secondary N) is 1. The van der Waals surface area contributed by atoms with E-state index in [9.17, 15) is 9.59 Å². The summed E-state index contributed by atoms with van der Waals surface area (Å²) in [7, 11) is 0. The van der Waals surface area contributed by atoms with Crippen LogP contribution in [0, 0.1) is 0 Å². The number of amides is 2. The van der Waals surface area contributed by atoms with Gasteiger partial charge in [-0.05, 0) is 32.4 Å². The van der Waals surface area contributed by atoms with Crippen LogP contribution in [-0.4, -0.2) is 27.5 Å². The molecule has 0 radical (unpaired) electrons. The molecule has 2 heterocycles. The molecule has 0 spiro atoms. The van der Waals surface area contributed by atoms with Crippen molar-refractivity contribution in [3.63, 3.8) is 0 Å². The number of ether oxygens (including phenoxy) is 1. The molecule has 0 aliphatic carbocycles. The first-order valence-corrected chi connectivity index (χ1v) is 8.64. The second-order valence-electron chi connectivity index (χ2n) is 6.99. The lowest BCUT2D eigenvalue weighted by molar-refractivity contribution is 0.0161. The number of imide groups is 1. The van der Waals surface area contributed by atoms with E-state index in [-0.39, 0.29) is 5.15 Å². The Kier molecular flexibility index (Phi) is 4.98. The third kappa shape index (κ3) is 3.71. The van der Waals surface area contributed by atoms with Crippen molar-refractivity contribution >= 4 is 23.6 Å². The Morgan fingerprint density at radius 2 is 1.96 bits per heavy atom. The van der Waals surface area contributed by atoms with Gasteiger partial charge in [-0.3, -0.25) is 10.1 Å². The lowest BCUT2D eigenvalue weighted by Crippen LogP contribution is -2.43. The van der Waals surface area contributed by atoms with Gasteiger partial charge in [0.25, 0.3) is 5.91 Å². The van der Waals surface area contributed by atoms with E-state index < -0.39 is 23.8 Å². The Balaban J connectivity index is 1.93. The van der Waals surface area contributed by atoms with Crippen LogP contribution < -0.4 is 5.32 Å². The van der Waals surface area contributed by atoms with Gasteiger partial charge in [-0.25, -0.2) is 14.7 Å². The molecule has 2 aromatic rings. The summed E-state index contributed by atoms with van der Waals surface area (Å²) in [6, 6.07) is 11.2. The first-order valence-electron chi connectivity index (χ1n) is 8.26. The molecule has 3 rings (SSSR count). The first kappa shape index (κ1) is 18.4. The molecule has 1 atom stereocenters. The molecule has 6 nitrogen and oxygen atoms in total. The minimum atomic E-state index is -0.742. The van der Waals surface area contributed by atoms with Crippen LogP contribution in [0.3, 0.4) is 0 Å². The molecule has 1 aromatic carbocycles. The summed E-state index contributed by atoms with van der Waals surface area (Å²) in [5.74, 6) is -0.455. The summed E-state index contributed by atoms with van der Waals surface area (Å²) in [5.41, 5.74) is 1.12. The average molecular weight is 374 g/mol. The Morgan fingerprint density at radius 3 is 2.62 bits per heavy atom. The molecule has 1 aliphatic heterocycles. The molecule has 7 heteroatoms. The number of benzene rings is 1. The van der Waals surface area contributed by atoms with Gasteiger partial charge in [0, 0.05) is 18.3 Å². The molecule has 1 aliphatic rings. The number of aromatic nitrogens is 1. The van der Waals surface area contributed by atoms with Crippen molar-refractivity contribution in [1.29, 1.82) is 0 Å². The largest absolute Gasteiger partial charge is 0.443 e. The topological polar surface area (TPSA) is 71.5 Å². The average Bonchev–Trinajstić information content (AvgIpc) is 2.86. The third-order valence-corrected chi connectivity index (χ3v) is 4.16. The van der Waals surface area contributed by atoms with Gasteiger partial charge in [-0.15, -0.1) is 0 Å². The van der Waals surface area contributed by atoms with E-state index in [1.54, 1.807) is 26.8 Å². The highest BCUT2D eigenvalue weighted by atomic mass is 35.5. The maximum absolute atomic E-state index is 12.8. The fourth-order valence-corrected chi connectivity index (χ4v) is 3.04. The van der Waals surface area contributed by atoms with Crippen molar-refractivity contribution in [2.45, 2.75) is 39.1 Å². The van der Waals surface area contributed by atoms with E-state index in [0.29, 0.717) is 17.7 Å². The van der Waals surface area contributed by atoms with Gasteiger partial charge in [0.15, 0.2) is 0 Å². The molecule has 0 saturated carbocycles. The van der Waals surface area contributed by atoms with Gasteiger partial charge in [0.2, 0.25) is 0 Å². The number of nitrogens with zero attached hydrogens (tertiary/aromatic N) is 2. The number of halogens is 1. The number of rotatable bonds is 3. The van der Waals surface area contributed by atoms with Gasteiger partial charge in [0.1, 0.15) is 16.9 Å². The molecule has 1 aromatic heterocycles. The number of fused-ring (bicyclic) bond motifs is 1. The number of hydrogen-bond acceptors (Lipinski definition) is 5. The monoisotopic (exact) mass is 373 g/mol. The zero-order valence-corrected chi connectivity index (χ0v) is 15.6. The highest BCUT2D eigenvalue weighted by Gasteiger charge is 2.44. The predicted molar refractivity (Wildman–Crippen MR) is 97.7 cm³/mol. The molecule has 2 amide bonds. The van der Waals surface area contributed by atoms with Gasteiger partial charge in [0.05, 0.1) is 5.56 Å². The summed E-state index contributed by atoms with van der Waals surface area (Å²) in [4.78, 5) is 30.6. The first-order chi connectivity index (χ1) is 12.3. The van der Waals surface area contributed by atoms with Crippen LogP contribution in [0.5, 0.6) is 0 Å². The quantitative estimate of drug-likeness (QED) is 0.826. The van der Waals surface area contributed by atoms with E-state index in [0.717, 1.165) is 10.5 Å². The number of carbonyl (C=O) groups is 2. The van der Waals surface area contributed by atoms with Crippen LogP contribution in [0.15, 0.2) is 42.6 Å². The van der Waals surface area contributed by atoms with Gasteiger partial charge in [-0.2, -0.15) is 0 Å². The summed E-state index contributed by atoms with van der Waals surface area (Å²) < 4.78 is 5.41. The van der Waals surface area contributed by atoms with Crippen molar-refractivity contribution in [1.82, 2.24) is 15.2 Å². The number of pyridine rings is 1. The van der Waals surface area contributed by atoms with Gasteiger partial charge >= 0.3 is 6.09 Å². The van der Waals surface area contributed by atoms with Crippen molar-refractivity contribution in [3.8, 4) is 0 Å². The molecule has 26 heavy (non-hydrogen) atoms. The highest BCUT2D eigenvalue weighted by Crippen LogP contribution is 2.36. The molecule has 0 bridgehead atoms. The number of hydrogen-bond donors (Lipinski definition) is 1. The van der Waals surface area contributed by atoms with E-state index in [1.807, 2.05) is 30.3 Å². The minimum Gasteiger partial charge on any atom is -0.443 e. The van der Waals surface area contributed by atoms with Crippen molar-refractivity contribution < 1.29 is 14.3 Å². The van der Waals surface area contributed by atoms with Crippen LogP contribution in [0.2, 0.25) is 5.15 Å². The summed E-state index contributed by atoms with van der Waals surface area (Å²) in [5, 5.41) is 3.41. The van der Waals surface area contributed by atoms with Crippen molar-refractivity contribution in [3.05, 3.63) is 64.4 Å². The molecule has 1 unspecified atom stereocenters. The Morgan fingerprint density at radius 1 is 1.27 bits per heavy atom. The van der Waals surface area contributed by atoms with Crippen molar-refractivity contribution in [2.75, 3.05) is 0 Å². The SMILES string of the molecule is CC(C)(C)OC(=O)N1C(=O)c2ccnc(Cl)c2C1NCc1ccccc1. The predicted octanol–water partition coefficient (Wildman–Crippen LogP) is 3.91. The van der Waals surface area contributed by atoms with E-state index >= 15 is 0 Å². The van der Waals surface area contributed by atoms with E-state index in [4.69, 9.17) is 16.3 Å². The van der Waals surface area contributed by atoms with Crippen LogP contribution in [0.1, 0.15) is 48.4 Å². The van der Waals surface area contributed by atoms with Crippen LogP contribution >= 0.6 is 11.6 Å². The Hall–Kier alpha value is -2.44. The highest BCUT2D eigenvalue weighted by molar-refractivity contribution is 6.31. The standard InChI is InChI=1S/C19H20ClN3O3/c1-19(2,3)26-18(25)23-16(22-11-12-7-5-4-6-8-12)14-13(17(23)24)9-10-21-15(14)20/h4-10,16,22H,11H2,1-3H3. The zero-order valence-electron chi connectivity index (χ0n) is 14.8. The number of carbonyl (C=O) groups excluding carboxylic acids is 2. The van der Waals surface area contributed by atoms with Gasteiger partial charge in [-0.1, -0.05) is 41.9 Å². The fourth-order valence-electron chi connectivity index (χ4n) is 2.77. The lowest BCUT2D eigenvalue weighted by atomic mass is 10.1. The molecular formula is C19H20ClN3O3. The molecule has 136 valence electrons. The molecule has 0 saturated heterocycles. The summed E-state index contributed by atoms with van der Waals surface area (Å²) >= 11 is 6.23. The molecule has 0 fully saturated rings.